The van der Waals surface area contributed by atoms with Gasteiger partial charge in [-0.15, -0.1) is 0 Å². The Morgan fingerprint density at radius 3 is 2.29 bits per heavy atom. The molecule has 0 aliphatic rings. The molecule has 0 bridgehead atoms. The van der Waals surface area contributed by atoms with Gasteiger partial charge in [-0.2, -0.15) is 5.26 Å². The number of halogens is 1. The first-order chi connectivity index (χ1) is 22.7. The van der Waals surface area contributed by atoms with Gasteiger partial charge in [-0.05, 0) is 94.1 Å². The fraction of sp³-hybridized carbons (Fsp3) is 0.400. The number of methoxy groups -OCH3 is 1. The molecule has 0 radical (unpaired) electrons. The second kappa shape index (κ2) is 19.2. The van der Waals surface area contributed by atoms with Crippen LogP contribution in [0.4, 0.5) is 20.6 Å². The highest BCUT2D eigenvalue weighted by Gasteiger charge is 2.19. The van der Waals surface area contributed by atoms with Crippen LogP contribution in [-0.2, 0) is 16.0 Å². The van der Waals surface area contributed by atoms with Gasteiger partial charge < -0.3 is 40.7 Å². The maximum absolute atomic E-state index is 14.2. The molecule has 3 aromatic rings. The highest BCUT2D eigenvalue weighted by Crippen LogP contribution is 2.27. The summed E-state index contributed by atoms with van der Waals surface area (Å²) in [6.45, 7) is 10.2. The van der Waals surface area contributed by atoms with Crippen molar-refractivity contribution >= 4 is 23.9 Å². The Morgan fingerprint density at radius 1 is 1.04 bits per heavy atom. The van der Waals surface area contributed by atoms with Gasteiger partial charge in [0.25, 0.3) is 0 Å². The van der Waals surface area contributed by atoms with Crippen molar-refractivity contribution in [3.8, 4) is 17.6 Å². The first kappa shape index (κ1) is 39.4. The number of nitriles is 1. The zero-order valence-corrected chi connectivity index (χ0v) is 28.1. The van der Waals surface area contributed by atoms with Crippen molar-refractivity contribution in [2.45, 2.75) is 64.8 Å². The number of phenolic OH excluding ortho intramolecular Hbond substituents is 1. The lowest BCUT2D eigenvalue weighted by Gasteiger charge is -2.23. The number of hydrogen-bond donors (Lipinski definition) is 7. The molecule has 0 heterocycles. The van der Waals surface area contributed by atoms with E-state index in [1.54, 1.807) is 26.2 Å². The molecule has 260 valence electrons. The molecule has 0 saturated heterocycles. The van der Waals surface area contributed by atoms with Crippen LogP contribution < -0.4 is 26.0 Å². The molecule has 0 aliphatic carbocycles. The van der Waals surface area contributed by atoms with E-state index in [1.807, 2.05) is 58.0 Å². The predicted molar refractivity (Wildman–Crippen MR) is 181 cm³/mol. The van der Waals surface area contributed by atoms with Crippen LogP contribution in [0.2, 0.25) is 0 Å². The molecule has 2 amide bonds. The molecule has 1 unspecified atom stereocenters. The number of anilines is 2. The van der Waals surface area contributed by atoms with Crippen molar-refractivity contribution in [1.29, 1.82) is 5.26 Å². The van der Waals surface area contributed by atoms with Crippen LogP contribution in [-0.4, -0.2) is 66.2 Å². The molecular formula is C35H46FN5O7. The maximum atomic E-state index is 14.2. The SMILES string of the molecule is CCOC(=O)Nc1c(F)cc(C(O)CNC(C)(C)C)cc1C#N.COc1ccc(C[C@@H](C)NC[C@H](O)c2ccc(O)c(NC=O)c2)cc1. The van der Waals surface area contributed by atoms with E-state index in [0.717, 1.165) is 18.2 Å². The fourth-order valence-electron chi connectivity index (χ4n) is 4.38. The predicted octanol–water partition coefficient (Wildman–Crippen LogP) is 4.91. The van der Waals surface area contributed by atoms with Crippen LogP contribution in [0, 0.1) is 17.1 Å². The number of β-amino-alcohol motifs (C(OH)–C–C–N with tert-alkyl or cyclic N) is 1. The minimum absolute atomic E-state index is 0.0381. The molecule has 3 rings (SSSR count). The van der Waals surface area contributed by atoms with Crippen molar-refractivity contribution < 1.29 is 38.8 Å². The number of aliphatic hydroxyl groups excluding tert-OH is 2. The minimum atomic E-state index is -0.979. The van der Waals surface area contributed by atoms with Crippen molar-refractivity contribution in [3.05, 3.63) is 82.7 Å². The van der Waals surface area contributed by atoms with E-state index in [1.165, 1.54) is 17.7 Å². The number of carbonyl (C=O) groups excluding carboxylic acids is 2. The third-order valence-corrected chi connectivity index (χ3v) is 6.93. The summed E-state index contributed by atoms with van der Waals surface area (Å²) in [6, 6.07) is 17.0. The second-order valence-electron chi connectivity index (χ2n) is 11.9. The van der Waals surface area contributed by atoms with Gasteiger partial charge in [0, 0.05) is 24.7 Å². The summed E-state index contributed by atoms with van der Waals surface area (Å²) in [4.78, 5) is 21.9. The van der Waals surface area contributed by atoms with Gasteiger partial charge in [0.1, 0.15) is 23.4 Å². The van der Waals surface area contributed by atoms with Crippen molar-refractivity contribution in [2.75, 3.05) is 37.4 Å². The largest absolute Gasteiger partial charge is 0.506 e. The number of nitrogens with one attached hydrogen (secondary N) is 4. The fourth-order valence-corrected chi connectivity index (χ4v) is 4.38. The number of hydrogen-bond acceptors (Lipinski definition) is 10. The highest BCUT2D eigenvalue weighted by molar-refractivity contribution is 5.87. The van der Waals surface area contributed by atoms with E-state index in [-0.39, 0.29) is 53.0 Å². The third kappa shape index (κ3) is 13.2. The van der Waals surface area contributed by atoms with Gasteiger partial charge in [-0.25, -0.2) is 9.18 Å². The van der Waals surface area contributed by atoms with Gasteiger partial charge in [-0.3, -0.25) is 10.1 Å². The molecule has 13 heteroatoms. The van der Waals surface area contributed by atoms with Crippen LogP contribution >= 0.6 is 0 Å². The number of amides is 2. The molecule has 48 heavy (non-hydrogen) atoms. The van der Waals surface area contributed by atoms with Crippen LogP contribution in [0.25, 0.3) is 0 Å². The Hall–Kier alpha value is -4.74. The van der Waals surface area contributed by atoms with E-state index < -0.39 is 24.1 Å². The minimum Gasteiger partial charge on any atom is -0.506 e. The van der Waals surface area contributed by atoms with E-state index in [0.29, 0.717) is 18.5 Å². The van der Waals surface area contributed by atoms with Gasteiger partial charge in [-0.1, -0.05) is 18.2 Å². The number of nitrogens with zero attached hydrogens (tertiary/aromatic N) is 1. The summed E-state index contributed by atoms with van der Waals surface area (Å²) in [7, 11) is 1.64. The van der Waals surface area contributed by atoms with Crippen LogP contribution in [0.3, 0.4) is 0 Å². The summed E-state index contributed by atoms with van der Waals surface area (Å²) in [5.41, 5.74) is 1.78. The summed E-state index contributed by atoms with van der Waals surface area (Å²) in [5, 5.41) is 50.2. The summed E-state index contributed by atoms with van der Waals surface area (Å²) in [5.74, 6) is -0.0161. The molecule has 0 spiro atoms. The van der Waals surface area contributed by atoms with Crippen molar-refractivity contribution in [2.24, 2.45) is 0 Å². The first-order valence-electron chi connectivity index (χ1n) is 15.4. The molecule has 7 N–H and O–H groups in total. The normalized spacial score (nSPS) is 12.8. The number of benzene rings is 3. The van der Waals surface area contributed by atoms with Crippen molar-refractivity contribution in [1.82, 2.24) is 10.6 Å². The molecule has 0 fully saturated rings. The standard InChI is InChI=1S/C19H24N2O4.C16H22FN3O3/c1-13(9-14-3-6-16(25-2)7-4-14)20-11-19(24)15-5-8-18(23)17(10-15)21-12-22;1-5-23-15(22)20-14-11(8-18)6-10(7-12(14)17)13(21)9-19-16(2,3)4/h3-8,10,12-13,19-20,23-24H,9,11H2,1-2H3,(H,21,22);6-7,13,19,21H,5,9H2,1-4H3,(H,20,22)/t13-,19+;/m1./s1. The Balaban J connectivity index is 0.000000335. The van der Waals surface area contributed by atoms with Gasteiger partial charge in [0.2, 0.25) is 6.41 Å². The molecule has 0 aromatic heterocycles. The first-order valence-corrected chi connectivity index (χ1v) is 15.4. The summed E-state index contributed by atoms with van der Waals surface area (Å²) >= 11 is 0. The lowest BCUT2D eigenvalue weighted by molar-refractivity contribution is -0.105. The summed E-state index contributed by atoms with van der Waals surface area (Å²) in [6.07, 6.45) is -1.26. The van der Waals surface area contributed by atoms with Crippen LogP contribution in [0.1, 0.15) is 69.1 Å². The number of aromatic hydroxyl groups is 1. The number of phenols is 1. The van der Waals surface area contributed by atoms with Crippen LogP contribution in [0.15, 0.2) is 54.6 Å². The van der Waals surface area contributed by atoms with E-state index >= 15 is 0 Å². The Morgan fingerprint density at radius 2 is 1.71 bits per heavy atom. The zero-order valence-electron chi connectivity index (χ0n) is 28.1. The number of ether oxygens (including phenoxy) is 2. The Kier molecular flexibility index (Phi) is 15.8. The van der Waals surface area contributed by atoms with Crippen molar-refractivity contribution in [3.63, 3.8) is 0 Å². The lowest BCUT2D eigenvalue weighted by Crippen LogP contribution is -2.38. The highest BCUT2D eigenvalue weighted by atomic mass is 19.1. The number of carbonyl (C=O) groups is 2. The Labute approximate surface area is 280 Å². The average molecular weight is 668 g/mol. The van der Waals surface area contributed by atoms with Gasteiger partial charge in [0.15, 0.2) is 0 Å². The second-order valence-corrected chi connectivity index (χ2v) is 11.9. The molecule has 0 aliphatic heterocycles. The zero-order chi connectivity index (χ0) is 35.9. The summed E-state index contributed by atoms with van der Waals surface area (Å²) < 4.78 is 24.0. The van der Waals surface area contributed by atoms with Crippen LogP contribution in [0.5, 0.6) is 11.5 Å². The maximum Gasteiger partial charge on any atom is 0.411 e. The Bertz CT molecular complexity index is 1520. The number of rotatable bonds is 14. The molecular weight excluding hydrogens is 621 g/mol. The van der Waals surface area contributed by atoms with E-state index in [9.17, 15) is 29.3 Å². The smallest absolute Gasteiger partial charge is 0.411 e. The molecule has 0 saturated carbocycles. The topological polar surface area (TPSA) is 185 Å². The lowest BCUT2D eigenvalue weighted by atomic mass is 10.0. The molecule has 12 nitrogen and oxygen atoms in total. The molecule has 3 atom stereocenters. The quantitative estimate of drug-likeness (QED) is 0.0920. The van der Waals surface area contributed by atoms with E-state index in [4.69, 9.17) is 10.00 Å². The number of aliphatic hydroxyl groups is 2. The van der Waals surface area contributed by atoms with Gasteiger partial charge >= 0.3 is 6.09 Å². The van der Waals surface area contributed by atoms with Gasteiger partial charge in [0.05, 0.1) is 42.9 Å². The monoisotopic (exact) mass is 667 g/mol. The average Bonchev–Trinajstić information content (AvgIpc) is 3.04. The molecule has 3 aromatic carbocycles. The third-order valence-electron chi connectivity index (χ3n) is 6.93. The van der Waals surface area contributed by atoms with E-state index in [2.05, 4.69) is 26.0 Å².